The number of likely N-dealkylation sites (tertiary alicyclic amines) is 1. The normalized spacial score (nSPS) is 18.7. The number of imidazole rings is 1. The van der Waals surface area contributed by atoms with Crippen LogP contribution in [-0.2, 0) is 35.0 Å². The maximum Gasteiger partial charge on any atom is 0.409 e. The van der Waals surface area contributed by atoms with E-state index in [9.17, 15) is 18.5 Å². The van der Waals surface area contributed by atoms with Crippen molar-refractivity contribution in [3.8, 4) is 6.07 Å². The van der Waals surface area contributed by atoms with Crippen molar-refractivity contribution in [1.29, 1.82) is 5.26 Å². The second-order valence-electron chi connectivity index (χ2n) is 9.95. The van der Waals surface area contributed by atoms with Crippen molar-refractivity contribution in [3.63, 3.8) is 0 Å². The fourth-order valence-electron chi connectivity index (χ4n) is 5.20. The lowest BCUT2D eigenvalue weighted by molar-refractivity contribution is 0.101. The number of fused-ring (bicyclic) bond motifs is 1. The molecule has 1 fully saturated rings. The molecule has 4 rings (SSSR count). The number of carbonyl (C=O) groups is 1. The predicted molar refractivity (Wildman–Crippen MR) is 139 cm³/mol. The molecule has 3 heterocycles. The summed E-state index contributed by atoms with van der Waals surface area (Å²) in [7, 11) is 2.69. The minimum absolute atomic E-state index is 0.119. The molecule has 0 N–H and O–H groups in total. The van der Waals surface area contributed by atoms with Crippen LogP contribution in [0.15, 0.2) is 30.7 Å². The molecule has 1 aromatic carbocycles. The molecule has 1 aromatic heterocycles. The average Bonchev–Trinajstić information content (AvgIpc) is 3.30. The van der Waals surface area contributed by atoms with Crippen LogP contribution in [0.2, 0.25) is 0 Å². The number of ether oxygens (including phenoxy) is 1. The minimum atomic E-state index is -3.73. The minimum Gasteiger partial charge on any atom is -0.453 e. The summed E-state index contributed by atoms with van der Waals surface area (Å²) in [5.74, 6) is 0.119. The van der Waals surface area contributed by atoms with Crippen molar-refractivity contribution in [3.05, 3.63) is 47.5 Å². The quantitative estimate of drug-likeness (QED) is 0.537. The van der Waals surface area contributed by atoms with Gasteiger partial charge in [0, 0.05) is 65.2 Å². The van der Waals surface area contributed by atoms with Gasteiger partial charge in [-0.3, -0.25) is 0 Å². The van der Waals surface area contributed by atoms with E-state index in [2.05, 4.69) is 16.0 Å². The lowest BCUT2D eigenvalue weighted by Crippen LogP contribution is -2.55. The highest BCUT2D eigenvalue weighted by molar-refractivity contribution is 7.86. The van der Waals surface area contributed by atoms with Gasteiger partial charge in [0.1, 0.15) is 0 Å². The first-order chi connectivity index (χ1) is 17.6. The van der Waals surface area contributed by atoms with E-state index in [0.29, 0.717) is 57.5 Å². The number of hydrogen-bond donors (Lipinski definition) is 0. The van der Waals surface area contributed by atoms with Gasteiger partial charge in [-0.2, -0.15) is 22.3 Å². The molecule has 2 aliphatic rings. The second-order valence-corrected chi connectivity index (χ2v) is 12.0. The monoisotopic (exact) mass is 529 g/mol. The lowest BCUT2D eigenvalue weighted by atomic mass is 9.93. The lowest BCUT2D eigenvalue weighted by Gasteiger charge is -2.43. The van der Waals surface area contributed by atoms with Crippen molar-refractivity contribution in [2.24, 2.45) is 13.0 Å². The number of aryl methyl sites for hydroxylation is 1. The van der Waals surface area contributed by atoms with Crippen LogP contribution < -0.4 is 4.90 Å². The number of methoxy groups -OCH3 is 1. The first kappa shape index (κ1) is 26.9. The topological polar surface area (TPSA) is 115 Å². The zero-order valence-corrected chi connectivity index (χ0v) is 22.7. The van der Waals surface area contributed by atoms with Crippen LogP contribution in [0.4, 0.5) is 10.5 Å². The Morgan fingerprint density at radius 1 is 1.27 bits per heavy atom. The van der Waals surface area contributed by atoms with Gasteiger partial charge in [0.05, 0.1) is 37.3 Å². The Balaban J connectivity index is 1.63. The third-order valence-corrected chi connectivity index (χ3v) is 9.32. The largest absolute Gasteiger partial charge is 0.453 e. The van der Waals surface area contributed by atoms with E-state index in [4.69, 9.17) is 4.74 Å². The number of nitriles is 1. The summed E-state index contributed by atoms with van der Waals surface area (Å²) in [5, 5.41) is 9.50. The number of benzene rings is 1. The fourth-order valence-corrected chi connectivity index (χ4v) is 6.53. The number of rotatable bonds is 7. The molecule has 1 atom stereocenters. The number of carbonyl (C=O) groups excluding carboxylic acids is 1. The molecule has 2 aliphatic heterocycles. The molecule has 200 valence electrons. The predicted octanol–water partition coefficient (Wildman–Crippen LogP) is 1.81. The molecule has 37 heavy (non-hydrogen) atoms. The van der Waals surface area contributed by atoms with E-state index in [1.165, 1.54) is 11.4 Å². The highest BCUT2D eigenvalue weighted by Gasteiger charge is 2.38. The SMILES string of the molecule is COC(=O)N1CCC(CN(C2Cc3cc(C#N)ccc3N(Cc3cncn3C)C2)S(=O)(=O)N(C)C)CC1. The van der Waals surface area contributed by atoms with Crippen LogP contribution in [0, 0.1) is 17.2 Å². The van der Waals surface area contributed by atoms with Gasteiger partial charge in [0.25, 0.3) is 10.2 Å². The molecule has 0 spiro atoms. The van der Waals surface area contributed by atoms with E-state index in [1.54, 1.807) is 35.7 Å². The smallest absolute Gasteiger partial charge is 0.409 e. The molecule has 1 amide bonds. The van der Waals surface area contributed by atoms with Crippen molar-refractivity contribution in [1.82, 2.24) is 23.1 Å². The van der Waals surface area contributed by atoms with E-state index >= 15 is 0 Å². The zero-order chi connectivity index (χ0) is 26.7. The Morgan fingerprint density at radius 3 is 2.59 bits per heavy atom. The average molecular weight is 530 g/mol. The van der Waals surface area contributed by atoms with Crippen LogP contribution in [0.3, 0.4) is 0 Å². The van der Waals surface area contributed by atoms with Gasteiger partial charge in [-0.15, -0.1) is 0 Å². The van der Waals surface area contributed by atoms with Gasteiger partial charge in [-0.1, -0.05) is 0 Å². The summed E-state index contributed by atoms with van der Waals surface area (Å²) < 4.78 is 36.9. The molecule has 0 radical (unpaired) electrons. The molecule has 0 bridgehead atoms. The molecule has 0 aliphatic carbocycles. The van der Waals surface area contributed by atoms with Gasteiger partial charge in [0.15, 0.2) is 0 Å². The standard InChI is InChI=1S/C25H35N7O4S/c1-28(2)37(34,35)32(15-19-7-9-30(10-8-19)25(33)36-4)22-12-21-11-20(13-26)5-6-24(21)31(16-22)17-23-14-27-18-29(23)3/h5-6,11,14,18-19,22H,7-10,12,15-17H2,1-4H3. The summed E-state index contributed by atoms with van der Waals surface area (Å²) in [5.41, 5.74) is 3.52. The molecular weight excluding hydrogens is 494 g/mol. The summed E-state index contributed by atoms with van der Waals surface area (Å²) in [6.07, 6.45) is 5.14. The molecule has 11 nitrogen and oxygen atoms in total. The molecule has 1 saturated heterocycles. The fraction of sp³-hybridized carbons (Fsp3) is 0.560. The van der Waals surface area contributed by atoms with Gasteiger partial charge in [0.2, 0.25) is 0 Å². The molecule has 1 unspecified atom stereocenters. The first-order valence-corrected chi connectivity index (χ1v) is 13.8. The Kier molecular flexibility index (Phi) is 8.06. The van der Waals surface area contributed by atoms with Crippen molar-refractivity contribution in [2.45, 2.75) is 31.8 Å². The van der Waals surface area contributed by atoms with E-state index < -0.39 is 10.2 Å². The second kappa shape index (κ2) is 11.1. The zero-order valence-electron chi connectivity index (χ0n) is 21.9. The first-order valence-electron chi connectivity index (χ1n) is 12.4. The summed E-state index contributed by atoms with van der Waals surface area (Å²) in [6, 6.07) is 7.51. The van der Waals surface area contributed by atoms with Gasteiger partial charge < -0.3 is 19.1 Å². The van der Waals surface area contributed by atoms with Gasteiger partial charge >= 0.3 is 6.09 Å². The number of amides is 1. The van der Waals surface area contributed by atoms with Crippen molar-refractivity contribution < 1.29 is 17.9 Å². The Bertz CT molecular complexity index is 1260. The number of nitrogens with zero attached hydrogens (tertiary/aromatic N) is 7. The number of anilines is 1. The summed E-state index contributed by atoms with van der Waals surface area (Å²) in [4.78, 5) is 20.0. The highest BCUT2D eigenvalue weighted by atomic mass is 32.2. The Hall–Kier alpha value is -3.14. The number of hydrogen-bond acceptors (Lipinski definition) is 7. The number of aromatic nitrogens is 2. The van der Waals surface area contributed by atoms with E-state index in [1.807, 2.05) is 29.9 Å². The number of piperidine rings is 1. The van der Waals surface area contributed by atoms with Crippen LogP contribution in [0.1, 0.15) is 29.7 Å². The molecular formula is C25H35N7O4S. The van der Waals surface area contributed by atoms with Gasteiger partial charge in [-0.25, -0.2) is 9.78 Å². The van der Waals surface area contributed by atoms with Crippen LogP contribution in [0.5, 0.6) is 0 Å². The third kappa shape index (κ3) is 5.74. The molecule has 0 saturated carbocycles. The Morgan fingerprint density at radius 2 is 2.00 bits per heavy atom. The van der Waals surface area contributed by atoms with Crippen molar-refractivity contribution >= 4 is 22.0 Å². The Labute approximate surface area is 219 Å². The molecule has 2 aromatic rings. The van der Waals surface area contributed by atoms with Crippen molar-refractivity contribution in [2.75, 3.05) is 52.3 Å². The van der Waals surface area contributed by atoms with E-state index in [-0.39, 0.29) is 18.1 Å². The maximum absolute atomic E-state index is 13.6. The highest BCUT2D eigenvalue weighted by Crippen LogP contribution is 2.33. The molecule has 12 heteroatoms. The van der Waals surface area contributed by atoms with E-state index in [0.717, 1.165) is 16.9 Å². The maximum atomic E-state index is 13.6. The van der Waals surface area contributed by atoms with Gasteiger partial charge in [-0.05, 0) is 48.9 Å². The van der Waals surface area contributed by atoms with Crippen LogP contribution >= 0.6 is 0 Å². The summed E-state index contributed by atoms with van der Waals surface area (Å²) >= 11 is 0. The van der Waals surface area contributed by atoms with Crippen LogP contribution in [0.25, 0.3) is 0 Å². The third-order valence-electron chi connectivity index (χ3n) is 7.36. The van der Waals surface area contributed by atoms with Crippen LogP contribution in [-0.4, -0.2) is 91.0 Å². The summed E-state index contributed by atoms with van der Waals surface area (Å²) in [6.45, 7) is 2.53.